The Morgan fingerprint density at radius 1 is 1.39 bits per heavy atom. The van der Waals surface area contributed by atoms with Crippen LogP contribution >= 0.6 is 24.0 Å². The predicted octanol–water partition coefficient (Wildman–Crippen LogP) is 2.81. The molecule has 1 aliphatic rings. The Morgan fingerprint density at radius 2 is 2.07 bits per heavy atom. The fraction of sp³-hybridized carbons (Fsp3) is 0.684. The number of guanidine groups is 1. The molecule has 0 spiro atoms. The molecule has 0 aliphatic carbocycles. The molecule has 0 radical (unpaired) electrons. The van der Waals surface area contributed by atoms with Gasteiger partial charge in [-0.05, 0) is 45.0 Å². The monoisotopic (exact) mass is 507 g/mol. The van der Waals surface area contributed by atoms with E-state index in [1.807, 2.05) is 19.1 Å². The van der Waals surface area contributed by atoms with E-state index in [1.165, 1.54) is 0 Å². The largest absolute Gasteiger partial charge is 0.468 e. The van der Waals surface area contributed by atoms with E-state index in [2.05, 4.69) is 29.1 Å². The summed E-state index contributed by atoms with van der Waals surface area (Å²) in [6, 6.07) is 4.16. The molecule has 1 aromatic heterocycles. The summed E-state index contributed by atoms with van der Waals surface area (Å²) in [7, 11) is 0. The molecule has 8 nitrogen and oxygen atoms in total. The van der Waals surface area contributed by atoms with Gasteiger partial charge in [0.15, 0.2) is 5.96 Å². The lowest BCUT2D eigenvalue weighted by Gasteiger charge is -2.32. The highest BCUT2D eigenvalue weighted by Gasteiger charge is 2.24. The van der Waals surface area contributed by atoms with Crippen LogP contribution in [0.25, 0.3) is 0 Å². The van der Waals surface area contributed by atoms with Gasteiger partial charge in [-0.15, -0.1) is 24.0 Å². The van der Waals surface area contributed by atoms with Gasteiger partial charge in [0.2, 0.25) is 0 Å². The maximum atomic E-state index is 11.8. The van der Waals surface area contributed by atoms with Crippen LogP contribution in [0.3, 0.4) is 0 Å². The molecule has 2 rings (SSSR count). The number of likely N-dealkylation sites (tertiary alicyclic amines) is 1. The summed E-state index contributed by atoms with van der Waals surface area (Å²) in [5.41, 5.74) is 6.12. The standard InChI is InChI=1S/C19H33N5O3.HI/c1-4-23(5-2)16(17-8-7-13-27-17)14-21-18(20)22-15-9-11-24(12-10-15)19(25)26-6-3;/h7-8,13,15-16H,4-6,9-12,14H2,1-3H3,(H3,20,21,22);1H. The van der Waals surface area contributed by atoms with Crippen molar-refractivity contribution in [1.29, 1.82) is 0 Å². The summed E-state index contributed by atoms with van der Waals surface area (Å²) in [6.07, 6.45) is 3.10. The Labute approximate surface area is 184 Å². The lowest BCUT2D eigenvalue weighted by Crippen LogP contribution is -2.48. The van der Waals surface area contributed by atoms with Crippen LogP contribution in [-0.2, 0) is 4.74 Å². The zero-order chi connectivity index (χ0) is 19.6. The number of nitrogens with zero attached hydrogens (tertiary/aromatic N) is 3. The molecule has 160 valence electrons. The van der Waals surface area contributed by atoms with E-state index in [0.717, 1.165) is 31.7 Å². The van der Waals surface area contributed by atoms with Crippen molar-refractivity contribution in [3.05, 3.63) is 24.2 Å². The number of ether oxygens (including phenoxy) is 1. The molecule has 1 atom stereocenters. The van der Waals surface area contributed by atoms with Gasteiger partial charge < -0.3 is 25.1 Å². The summed E-state index contributed by atoms with van der Waals surface area (Å²) < 4.78 is 10.6. The molecule has 9 heteroatoms. The van der Waals surface area contributed by atoms with Crippen molar-refractivity contribution in [3.8, 4) is 0 Å². The van der Waals surface area contributed by atoms with Gasteiger partial charge in [-0.25, -0.2) is 4.79 Å². The van der Waals surface area contributed by atoms with E-state index < -0.39 is 0 Å². The molecule has 1 unspecified atom stereocenters. The van der Waals surface area contributed by atoms with Gasteiger partial charge in [0, 0.05) is 19.1 Å². The van der Waals surface area contributed by atoms with Gasteiger partial charge in [-0.3, -0.25) is 9.89 Å². The second-order valence-electron chi connectivity index (χ2n) is 6.58. The number of carbonyl (C=O) groups is 1. The number of halogens is 1. The normalized spacial score (nSPS) is 16.6. The van der Waals surface area contributed by atoms with Crippen molar-refractivity contribution in [1.82, 2.24) is 15.1 Å². The SMILES string of the molecule is CCOC(=O)N1CCC(NC(N)=NCC(c2ccco2)N(CC)CC)CC1.I. The van der Waals surface area contributed by atoms with Crippen molar-refractivity contribution in [2.24, 2.45) is 10.7 Å². The molecule has 2 heterocycles. The van der Waals surface area contributed by atoms with Gasteiger partial charge in [0.05, 0.1) is 25.5 Å². The zero-order valence-electron chi connectivity index (χ0n) is 17.1. The number of piperidine rings is 1. The van der Waals surface area contributed by atoms with E-state index in [-0.39, 0.29) is 42.2 Å². The minimum Gasteiger partial charge on any atom is -0.468 e. The van der Waals surface area contributed by atoms with Crippen LogP contribution in [-0.4, -0.2) is 67.2 Å². The fourth-order valence-electron chi connectivity index (χ4n) is 3.39. The first kappa shape index (κ1) is 24.5. The second kappa shape index (κ2) is 12.9. The summed E-state index contributed by atoms with van der Waals surface area (Å²) in [6.45, 7) is 10.2. The highest BCUT2D eigenvalue weighted by atomic mass is 127. The van der Waals surface area contributed by atoms with Crippen molar-refractivity contribution in [3.63, 3.8) is 0 Å². The average Bonchev–Trinajstić information content (AvgIpc) is 3.20. The summed E-state index contributed by atoms with van der Waals surface area (Å²) >= 11 is 0. The molecule has 0 bridgehead atoms. The zero-order valence-corrected chi connectivity index (χ0v) is 19.4. The Morgan fingerprint density at radius 3 is 2.61 bits per heavy atom. The molecule has 1 saturated heterocycles. The highest BCUT2D eigenvalue weighted by Crippen LogP contribution is 2.21. The van der Waals surface area contributed by atoms with Crippen LogP contribution in [0.5, 0.6) is 0 Å². The third-order valence-corrected chi connectivity index (χ3v) is 4.93. The first-order chi connectivity index (χ1) is 13.1. The quantitative estimate of drug-likeness (QED) is 0.319. The third-order valence-electron chi connectivity index (χ3n) is 4.93. The van der Waals surface area contributed by atoms with Crippen LogP contribution in [0.4, 0.5) is 4.79 Å². The maximum Gasteiger partial charge on any atom is 0.409 e. The second-order valence-corrected chi connectivity index (χ2v) is 6.58. The Bertz CT molecular complexity index is 584. The van der Waals surface area contributed by atoms with Crippen molar-refractivity contribution in [2.75, 3.05) is 39.3 Å². The van der Waals surface area contributed by atoms with Crippen LogP contribution in [0.2, 0.25) is 0 Å². The number of rotatable bonds is 8. The number of nitrogens with one attached hydrogen (secondary N) is 1. The smallest absolute Gasteiger partial charge is 0.409 e. The van der Waals surface area contributed by atoms with Crippen LogP contribution in [0.1, 0.15) is 45.4 Å². The molecule has 0 saturated carbocycles. The van der Waals surface area contributed by atoms with E-state index in [9.17, 15) is 4.79 Å². The topological polar surface area (TPSA) is 96.3 Å². The van der Waals surface area contributed by atoms with Crippen molar-refractivity contribution in [2.45, 2.75) is 45.7 Å². The summed E-state index contributed by atoms with van der Waals surface area (Å²) in [5, 5.41) is 3.29. The van der Waals surface area contributed by atoms with Gasteiger partial charge in [0.1, 0.15) is 5.76 Å². The van der Waals surface area contributed by atoms with Gasteiger partial charge in [-0.2, -0.15) is 0 Å². The number of carbonyl (C=O) groups excluding carboxylic acids is 1. The van der Waals surface area contributed by atoms with Gasteiger partial charge in [0.25, 0.3) is 0 Å². The van der Waals surface area contributed by atoms with Crippen molar-refractivity contribution < 1.29 is 13.9 Å². The van der Waals surface area contributed by atoms with E-state index in [1.54, 1.807) is 11.2 Å². The van der Waals surface area contributed by atoms with E-state index in [0.29, 0.717) is 32.2 Å². The molecule has 0 aromatic carbocycles. The molecule has 1 amide bonds. The number of nitrogens with two attached hydrogens (primary N) is 1. The van der Waals surface area contributed by atoms with Crippen LogP contribution < -0.4 is 11.1 Å². The lowest BCUT2D eigenvalue weighted by molar-refractivity contribution is 0.0963. The number of amides is 1. The third kappa shape index (κ3) is 7.16. The minimum atomic E-state index is -0.238. The molecule has 28 heavy (non-hydrogen) atoms. The molecular formula is C19H34IN5O3. The number of hydrogen-bond donors (Lipinski definition) is 2. The van der Waals surface area contributed by atoms with Crippen LogP contribution in [0.15, 0.2) is 27.8 Å². The average molecular weight is 507 g/mol. The van der Waals surface area contributed by atoms with Gasteiger partial charge in [-0.1, -0.05) is 13.8 Å². The fourth-order valence-corrected chi connectivity index (χ4v) is 3.39. The van der Waals surface area contributed by atoms with E-state index in [4.69, 9.17) is 14.9 Å². The first-order valence-electron chi connectivity index (χ1n) is 9.84. The first-order valence-corrected chi connectivity index (χ1v) is 9.84. The Kier molecular flexibility index (Phi) is 11.3. The van der Waals surface area contributed by atoms with Gasteiger partial charge >= 0.3 is 6.09 Å². The summed E-state index contributed by atoms with van der Waals surface area (Å²) in [5.74, 6) is 1.34. The number of aliphatic imine (C=N–C) groups is 1. The minimum absolute atomic E-state index is 0. The number of furan rings is 1. The Balaban J connectivity index is 0.00000392. The predicted molar refractivity (Wildman–Crippen MR) is 121 cm³/mol. The highest BCUT2D eigenvalue weighted by molar-refractivity contribution is 14.0. The molecule has 1 fully saturated rings. The summed E-state index contributed by atoms with van der Waals surface area (Å²) in [4.78, 5) is 20.3. The van der Waals surface area contributed by atoms with Crippen molar-refractivity contribution >= 4 is 36.0 Å². The lowest BCUT2D eigenvalue weighted by atomic mass is 10.1. The number of likely N-dealkylation sites (N-methyl/N-ethyl adjacent to an activating group) is 1. The maximum absolute atomic E-state index is 11.8. The molecular weight excluding hydrogens is 473 g/mol. The van der Waals surface area contributed by atoms with Crippen LogP contribution in [0, 0.1) is 0 Å². The van der Waals surface area contributed by atoms with E-state index >= 15 is 0 Å². The number of hydrogen-bond acceptors (Lipinski definition) is 5. The molecule has 3 N–H and O–H groups in total. The molecule has 1 aliphatic heterocycles. The molecule has 1 aromatic rings. The Hall–Kier alpha value is -1.49.